The Bertz CT molecular complexity index is 655. The van der Waals surface area contributed by atoms with Gasteiger partial charge in [0.05, 0.1) is 6.54 Å². The van der Waals surface area contributed by atoms with Gasteiger partial charge in [0.15, 0.2) is 11.8 Å². The Morgan fingerprint density at radius 2 is 1.78 bits per heavy atom. The van der Waals surface area contributed by atoms with Crippen molar-refractivity contribution in [2.45, 2.75) is 77.6 Å². The summed E-state index contributed by atoms with van der Waals surface area (Å²) in [6, 6.07) is 0.489. The molecule has 1 aliphatic rings. The predicted molar refractivity (Wildman–Crippen MR) is 104 cm³/mol. The molecular formula is C18H33N7O2. The molecule has 3 N–H and O–H groups in total. The van der Waals surface area contributed by atoms with Crippen molar-refractivity contribution < 1.29 is 9.53 Å². The number of hydrogen-bond acceptors (Lipinski definition) is 5. The van der Waals surface area contributed by atoms with Gasteiger partial charge in [-0.1, -0.05) is 0 Å². The molecule has 0 aliphatic heterocycles. The van der Waals surface area contributed by atoms with Gasteiger partial charge in [0.1, 0.15) is 11.4 Å². The average molecular weight is 380 g/mol. The third kappa shape index (κ3) is 6.73. The van der Waals surface area contributed by atoms with Gasteiger partial charge in [0, 0.05) is 26.2 Å². The van der Waals surface area contributed by atoms with Crippen molar-refractivity contribution in [1.29, 1.82) is 0 Å². The third-order valence-corrected chi connectivity index (χ3v) is 4.61. The van der Waals surface area contributed by atoms with E-state index in [1.165, 1.54) is 0 Å². The first-order valence-electron chi connectivity index (χ1n) is 9.49. The zero-order valence-electron chi connectivity index (χ0n) is 17.3. The summed E-state index contributed by atoms with van der Waals surface area (Å²) < 4.78 is 7.28. The molecule has 0 unspecified atom stereocenters. The van der Waals surface area contributed by atoms with E-state index in [9.17, 15) is 4.79 Å². The number of nitrogens with one attached hydrogen (secondary N) is 3. The number of carbonyl (C=O) groups excluding carboxylic acids is 1. The number of amides is 1. The molecule has 1 saturated carbocycles. The van der Waals surface area contributed by atoms with Crippen molar-refractivity contribution in [3.05, 3.63) is 11.6 Å². The summed E-state index contributed by atoms with van der Waals surface area (Å²) in [6.07, 6.45) is 3.41. The van der Waals surface area contributed by atoms with Crippen molar-refractivity contribution in [2.75, 3.05) is 7.05 Å². The summed E-state index contributed by atoms with van der Waals surface area (Å²) in [5.74, 6) is 2.49. The van der Waals surface area contributed by atoms with Crippen LogP contribution in [0, 0.1) is 6.92 Å². The number of hydrogen-bond donors (Lipinski definition) is 3. The molecule has 1 aromatic rings. The van der Waals surface area contributed by atoms with Crippen LogP contribution in [0.15, 0.2) is 4.99 Å². The molecule has 27 heavy (non-hydrogen) atoms. The Labute approximate surface area is 161 Å². The highest BCUT2D eigenvalue weighted by Crippen LogP contribution is 2.19. The Morgan fingerprint density at radius 1 is 1.19 bits per heavy atom. The molecule has 1 aliphatic carbocycles. The quantitative estimate of drug-likeness (QED) is 0.542. The molecule has 2 rings (SSSR count). The van der Waals surface area contributed by atoms with Gasteiger partial charge in [-0.25, -0.2) is 4.79 Å². The standard InChI is InChI=1S/C18H33N7O2/c1-12-23-24-15(25(12)6)11-20-16(19-5)21-13-7-9-14(10-8-13)22-17(26)27-18(2,3)4/h13-14H,7-11H2,1-6H3,(H,22,26)(H2,19,20,21). The van der Waals surface area contributed by atoms with Gasteiger partial charge in [-0.15, -0.1) is 10.2 Å². The van der Waals surface area contributed by atoms with E-state index < -0.39 is 5.60 Å². The van der Waals surface area contributed by atoms with E-state index >= 15 is 0 Å². The van der Waals surface area contributed by atoms with Crippen LogP contribution in [0.5, 0.6) is 0 Å². The second-order valence-electron chi connectivity index (χ2n) is 7.99. The Morgan fingerprint density at radius 3 is 2.26 bits per heavy atom. The monoisotopic (exact) mass is 379 g/mol. The SMILES string of the molecule is CN=C(NCc1nnc(C)n1C)NC1CCC(NC(=O)OC(C)(C)C)CC1. The highest BCUT2D eigenvalue weighted by molar-refractivity contribution is 5.79. The number of ether oxygens (including phenoxy) is 1. The lowest BCUT2D eigenvalue weighted by atomic mass is 9.91. The number of aromatic nitrogens is 3. The maximum Gasteiger partial charge on any atom is 0.407 e. The van der Waals surface area contributed by atoms with Crippen LogP contribution in [-0.4, -0.2) is 51.5 Å². The van der Waals surface area contributed by atoms with Crippen LogP contribution in [-0.2, 0) is 18.3 Å². The van der Waals surface area contributed by atoms with Gasteiger partial charge < -0.3 is 25.3 Å². The molecular weight excluding hydrogens is 346 g/mol. The lowest BCUT2D eigenvalue weighted by molar-refractivity contribution is 0.0490. The molecule has 9 heteroatoms. The Balaban J connectivity index is 1.73. The second kappa shape index (κ2) is 9.05. The number of carbonyl (C=O) groups is 1. The van der Waals surface area contributed by atoms with Crippen LogP contribution < -0.4 is 16.0 Å². The number of nitrogens with zero attached hydrogens (tertiary/aromatic N) is 4. The molecule has 0 aromatic carbocycles. The van der Waals surface area contributed by atoms with Gasteiger partial charge >= 0.3 is 6.09 Å². The zero-order valence-corrected chi connectivity index (χ0v) is 17.3. The van der Waals surface area contributed by atoms with Crippen LogP contribution in [0.2, 0.25) is 0 Å². The van der Waals surface area contributed by atoms with Gasteiger partial charge in [0.25, 0.3) is 0 Å². The maximum atomic E-state index is 11.9. The summed E-state index contributed by atoms with van der Waals surface area (Å²) in [7, 11) is 3.70. The van der Waals surface area contributed by atoms with Crippen molar-refractivity contribution in [3.8, 4) is 0 Å². The number of alkyl carbamates (subject to hydrolysis) is 1. The highest BCUT2D eigenvalue weighted by atomic mass is 16.6. The average Bonchev–Trinajstić information content (AvgIpc) is 2.90. The minimum atomic E-state index is -0.470. The minimum Gasteiger partial charge on any atom is -0.444 e. The van der Waals surface area contributed by atoms with E-state index in [1.807, 2.05) is 39.3 Å². The first-order valence-corrected chi connectivity index (χ1v) is 9.49. The molecule has 1 aromatic heterocycles. The molecule has 1 amide bonds. The first-order chi connectivity index (χ1) is 12.7. The summed E-state index contributed by atoms with van der Waals surface area (Å²) in [5, 5.41) is 17.9. The zero-order chi connectivity index (χ0) is 20.0. The molecule has 0 bridgehead atoms. The molecule has 152 valence electrons. The van der Waals surface area contributed by atoms with E-state index in [1.54, 1.807) is 7.05 Å². The Hall–Kier alpha value is -2.32. The molecule has 0 radical (unpaired) electrons. The van der Waals surface area contributed by atoms with Crippen LogP contribution in [0.25, 0.3) is 0 Å². The fourth-order valence-corrected chi connectivity index (χ4v) is 3.01. The Kier molecular flexibility index (Phi) is 7.04. The van der Waals surface area contributed by atoms with Crippen LogP contribution in [0.1, 0.15) is 58.1 Å². The van der Waals surface area contributed by atoms with Gasteiger partial charge in [0.2, 0.25) is 0 Å². The van der Waals surface area contributed by atoms with Crippen LogP contribution in [0.4, 0.5) is 4.79 Å². The van der Waals surface area contributed by atoms with Crippen LogP contribution in [0.3, 0.4) is 0 Å². The molecule has 9 nitrogen and oxygen atoms in total. The summed E-state index contributed by atoms with van der Waals surface area (Å²) >= 11 is 0. The minimum absolute atomic E-state index is 0.162. The largest absolute Gasteiger partial charge is 0.444 e. The summed E-state index contributed by atoms with van der Waals surface area (Å²) in [6.45, 7) is 8.09. The van der Waals surface area contributed by atoms with E-state index in [0.717, 1.165) is 43.3 Å². The van der Waals surface area contributed by atoms with E-state index in [-0.39, 0.29) is 12.1 Å². The number of aryl methyl sites for hydroxylation is 1. The topological polar surface area (TPSA) is 105 Å². The van der Waals surface area contributed by atoms with Crippen molar-refractivity contribution >= 4 is 12.1 Å². The molecule has 1 heterocycles. The lowest BCUT2D eigenvalue weighted by Crippen LogP contribution is -2.48. The molecule has 0 spiro atoms. The first kappa shape index (κ1) is 21.0. The normalized spacial score (nSPS) is 20.9. The second-order valence-corrected chi connectivity index (χ2v) is 7.99. The van der Waals surface area contributed by atoms with Crippen LogP contribution >= 0.6 is 0 Å². The smallest absolute Gasteiger partial charge is 0.407 e. The van der Waals surface area contributed by atoms with E-state index in [0.29, 0.717) is 12.6 Å². The van der Waals surface area contributed by atoms with E-state index in [4.69, 9.17) is 4.74 Å². The summed E-state index contributed by atoms with van der Waals surface area (Å²) in [4.78, 5) is 16.2. The van der Waals surface area contributed by atoms with Crippen molar-refractivity contribution in [1.82, 2.24) is 30.7 Å². The third-order valence-electron chi connectivity index (χ3n) is 4.61. The number of rotatable bonds is 4. The van der Waals surface area contributed by atoms with Gasteiger partial charge in [-0.2, -0.15) is 0 Å². The number of aliphatic imine (C=N–C) groups is 1. The number of guanidine groups is 1. The van der Waals surface area contributed by atoms with Crippen molar-refractivity contribution in [2.24, 2.45) is 12.0 Å². The molecule has 1 fully saturated rings. The van der Waals surface area contributed by atoms with E-state index in [2.05, 4.69) is 31.1 Å². The molecule has 0 atom stereocenters. The highest BCUT2D eigenvalue weighted by Gasteiger charge is 2.25. The fourth-order valence-electron chi connectivity index (χ4n) is 3.01. The van der Waals surface area contributed by atoms with Gasteiger partial charge in [-0.3, -0.25) is 4.99 Å². The maximum absolute atomic E-state index is 11.9. The van der Waals surface area contributed by atoms with Gasteiger partial charge in [-0.05, 0) is 53.4 Å². The molecule has 0 saturated heterocycles. The lowest BCUT2D eigenvalue weighted by Gasteiger charge is -2.31. The van der Waals surface area contributed by atoms with Crippen molar-refractivity contribution in [3.63, 3.8) is 0 Å². The fraction of sp³-hybridized carbons (Fsp3) is 0.778. The summed E-state index contributed by atoms with van der Waals surface area (Å²) in [5.41, 5.74) is -0.470. The predicted octanol–water partition coefficient (Wildman–Crippen LogP) is 1.62.